The Hall–Kier alpha value is -3.12. The number of carbonyl (C=O) groups is 3. The number of nitrogens with zero attached hydrogens (tertiary/aromatic N) is 4. The molecule has 0 spiro atoms. The first-order chi connectivity index (χ1) is 21.2. The molecule has 4 rings (SSSR count). The van der Waals surface area contributed by atoms with Gasteiger partial charge < -0.3 is 19.3 Å². The number of urea groups is 1. The lowest BCUT2D eigenvalue weighted by Gasteiger charge is -2.40. The van der Waals surface area contributed by atoms with Crippen LogP contribution in [0.4, 0.5) is 31.5 Å². The number of rotatable bonds is 7. The zero-order valence-corrected chi connectivity index (χ0v) is 27.3. The van der Waals surface area contributed by atoms with Crippen LogP contribution in [0.25, 0.3) is 0 Å². The van der Waals surface area contributed by atoms with Gasteiger partial charge in [0.15, 0.2) is 0 Å². The summed E-state index contributed by atoms with van der Waals surface area (Å²) < 4.78 is 82.2. The predicted octanol–water partition coefficient (Wildman–Crippen LogP) is 7.24. The third-order valence-corrected chi connectivity index (χ3v) is 9.50. The summed E-state index contributed by atoms with van der Waals surface area (Å²) in [6, 6.07) is 3.56. The van der Waals surface area contributed by atoms with Gasteiger partial charge in [0.05, 0.1) is 29.8 Å². The Morgan fingerprint density at radius 1 is 1.09 bits per heavy atom. The number of carbonyl (C=O) groups excluding carboxylic acids is 3. The van der Waals surface area contributed by atoms with Crippen LogP contribution in [-0.2, 0) is 20.4 Å². The minimum Gasteiger partial charge on any atom is -0.444 e. The van der Waals surface area contributed by atoms with E-state index in [0.29, 0.717) is 37.6 Å². The average molecular weight is 675 g/mol. The molecule has 0 N–H and O–H groups in total. The van der Waals surface area contributed by atoms with Gasteiger partial charge in [0, 0.05) is 30.0 Å². The molecular weight excluding hydrogens is 635 g/mol. The number of benzene rings is 1. The minimum absolute atomic E-state index is 0.0103. The Morgan fingerprint density at radius 2 is 1.74 bits per heavy atom. The Bertz CT molecular complexity index is 1370. The van der Waals surface area contributed by atoms with Crippen molar-refractivity contribution in [3.63, 3.8) is 0 Å². The minimum atomic E-state index is -4.78. The molecule has 254 valence electrons. The molecular formula is C31H39F5N4O5S. The SMILES string of the molecule is CC(C)(C)OC(=O)N1CCC(CCOC2CCC(N3C(=O)N(Sc4ccc(C#N)c(C(F)(F)F)c4)C(=O)C3(C)C)CC2)C(F)(F)C1. The maximum absolute atomic E-state index is 14.9. The molecule has 1 saturated carbocycles. The first-order valence-corrected chi connectivity index (χ1v) is 16.0. The molecule has 3 aliphatic rings. The topological polar surface area (TPSA) is 103 Å². The van der Waals surface area contributed by atoms with E-state index in [1.165, 1.54) is 17.0 Å². The van der Waals surface area contributed by atoms with E-state index in [1.807, 2.05) is 0 Å². The quantitative estimate of drug-likeness (QED) is 0.171. The average Bonchev–Trinajstić information content (AvgIpc) is 3.11. The number of amides is 4. The zero-order chi connectivity index (χ0) is 34.2. The Kier molecular flexibility index (Phi) is 10.2. The number of ether oxygens (including phenoxy) is 2. The molecule has 0 radical (unpaired) electrons. The second-order valence-electron chi connectivity index (χ2n) is 13.5. The van der Waals surface area contributed by atoms with Crippen molar-refractivity contribution in [3.8, 4) is 6.07 Å². The molecule has 1 aromatic rings. The summed E-state index contributed by atoms with van der Waals surface area (Å²) in [5.41, 5.74) is -3.74. The van der Waals surface area contributed by atoms with E-state index in [2.05, 4.69) is 0 Å². The molecule has 2 heterocycles. The molecule has 2 aliphatic heterocycles. The molecule has 3 fully saturated rings. The van der Waals surface area contributed by atoms with Crippen molar-refractivity contribution in [1.29, 1.82) is 5.26 Å². The fraction of sp³-hybridized carbons (Fsp3) is 0.677. The Labute approximate surface area is 269 Å². The van der Waals surface area contributed by atoms with Crippen molar-refractivity contribution >= 4 is 30.0 Å². The molecule has 1 unspecified atom stereocenters. The molecule has 0 bridgehead atoms. The summed E-state index contributed by atoms with van der Waals surface area (Å²) in [4.78, 5) is 41.5. The molecule has 2 saturated heterocycles. The maximum Gasteiger partial charge on any atom is 0.417 e. The Balaban J connectivity index is 1.29. The van der Waals surface area contributed by atoms with Gasteiger partial charge in [-0.05, 0) is 103 Å². The number of likely N-dealkylation sites (tertiary alicyclic amines) is 1. The first kappa shape index (κ1) is 35.7. The van der Waals surface area contributed by atoms with Crippen LogP contribution in [0.2, 0.25) is 0 Å². The van der Waals surface area contributed by atoms with Gasteiger partial charge in [-0.3, -0.25) is 4.79 Å². The van der Waals surface area contributed by atoms with Crippen LogP contribution in [0.5, 0.6) is 0 Å². The largest absolute Gasteiger partial charge is 0.444 e. The zero-order valence-electron chi connectivity index (χ0n) is 26.5. The van der Waals surface area contributed by atoms with Crippen LogP contribution in [0.15, 0.2) is 23.1 Å². The summed E-state index contributed by atoms with van der Waals surface area (Å²) in [5, 5.41) is 9.05. The van der Waals surface area contributed by atoms with Crippen LogP contribution in [0.3, 0.4) is 0 Å². The highest BCUT2D eigenvalue weighted by atomic mass is 32.2. The predicted molar refractivity (Wildman–Crippen MR) is 158 cm³/mol. The van der Waals surface area contributed by atoms with Gasteiger partial charge in [-0.2, -0.15) is 22.7 Å². The van der Waals surface area contributed by atoms with E-state index in [-0.39, 0.29) is 43.0 Å². The summed E-state index contributed by atoms with van der Waals surface area (Å²) in [5.74, 6) is -4.60. The fourth-order valence-electron chi connectivity index (χ4n) is 6.16. The summed E-state index contributed by atoms with van der Waals surface area (Å²) >= 11 is 0.584. The molecule has 9 nitrogen and oxygen atoms in total. The number of hydrogen-bond acceptors (Lipinski definition) is 7. The second-order valence-corrected chi connectivity index (χ2v) is 14.5. The van der Waals surface area contributed by atoms with Gasteiger partial charge >= 0.3 is 18.3 Å². The van der Waals surface area contributed by atoms with Crippen molar-refractivity contribution < 1.29 is 45.8 Å². The molecule has 1 atom stereocenters. The molecule has 1 aromatic carbocycles. The van der Waals surface area contributed by atoms with Crippen LogP contribution in [0, 0.1) is 17.2 Å². The van der Waals surface area contributed by atoms with Crippen molar-refractivity contribution in [2.45, 2.75) is 113 Å². The van der Waals surface area contributed by atoms with E-state index < -0.39 is 64.9 Å². The molecule has 1 aliphatic carbocycles. The van der Waals surface area contributed by atoms with E-state index in [0.717, 1.165) is 21.3 Å². The van der Waals surface area contributed by atoms with E-state index in [9.17, 15) is 36.3 Å². The lowest BCUT2D eigenvalue weighted by molar-refractivity contribution is -0.138. The van der Waals surface area contributed by atoms with Gasteiger partial charge in [0.1, 0.15) is 11.1 Å². The number of nitriles is 1. The van der Waals surface area contributed by atoms with Crippen molar-refractivity contribution in [2.75, 3.05) is 19.7 Å². The van der Waals surface area contributed by atoms with Crippen molar-refractivity contribution in [3.05, 3.63) is 29.3 Å². The van der Waals surface area contributed by atoms with Gasteiger partial charge in [-0.1, -0.05) is 0 Å². The molecule has 4 amide bonds. The standard InChI is InChI=1S/C31H39F5N4O5S/c1-28(2,3)45-27(43)38-14-12-20(30(32,33)18-38)13-15-44-22-9-7-21(8-10-22)39-26(42)40(25(41)29(39,4)5)46-23-11-6-19(17-37)24(16-23)31(34,35)36/h6,11,16,20-22H,7-10,12-15,18H2,1-5H3. The van der Waals surface area contributed by atoms with E-state index in [1.54, 1.807) is 34.6 Å². The van der Waals surface area contributed by atoms with E-state index in [4.69, 9.17) is 14.7 Å². The van der Waals surface area contributed by atoms with Gasteiger partial charge in [0.2, 0.25) is 0 Å². The highest BCUT2D eigenvalue weighted by Crippen LogP contribution is 2.42. The summed E-state index contributed by atoms with van der Waals surface area (Å²) in [7, 11) is 0. The number of piperidine rings is 1. The van der Waals surface area contributed by atoms with Gasteiger partial charge in [-0.25, -0.2) is 18.4 Å². The molecule has 15 heteroatoms. The smallest absolute Gasteiger partial charge is 0.417 e. The normalized spacial score (nSPS) is 25.1. The molecule has 46 heavy (non-hydrogen) atoms. The van der Waals surface area contributed by atoms with Crippen LogP contribution in [-0.4, -0.2) is 81.0 Å². The number of halogens is 5. The highest BCUT2D eigenvalue weighted by molar-refractivity contribution is 7.98. The fourth-order valence-corrected chi connectivity index (χ4v) is 7.14. The van der Waals surface area contributed by atoms with Crippen molar-refractivity contribution in [1.82, 2.24) is 14.1 Å². The first-order valence-electron chi connectivity index (χ1n) is 15.2. The summed E-state index contributed by atoms with van der Waals surface area (Å²) in [6.45, 7) is 7.78. The van der Waals surface area contributed by atoms with Crippen LogP contribution in [0.1, 0.15) is 84.3 Å². The second kappa shape index (κ2) is 13.2. The number of imide groups is 1. The Morgan fingerprint density at radius 3 is 2.30 bits per heavy atom. The lowest BCUT2D eigenvalue weighted by Crippen LogP contribution is -2.52. The van der Waals surface area contributed by atoms with Crippen LogP contribution >= 0.6 is 11.9 Å². The third kappa shape index (κ3) is 7.87. The highest BCUT2D eigenvalue weighted by Gasteiger charge is 2.55. The van der Waals surface area contributed by atoms with Crippen LogP contribution < -0.4 is 0 Å². The monoisotopic (exact) mass is 674 g/mol. The van der Waals surface area contributed by atoms with Crippen molar-refractivity contribution in [2.24, 2.45) is 5.92 Å². The van der Waals surface area contributed by atoms with Gasteiger partial charge in [0.25, 0.3) is 11.8 Å². The lowest BCUT2D eigenvalue weighted by atomic mass is 9.88. The summed E-state index contributed by atoms with van der Waals surface area (Å²) in [6.07, 6.45) is -3.47. The van der Waals surface area contributed by atoms with Gasteiger partial charge in [-0.15, -0.1) is 0 Å². The third-order valence-electron chi connectivity index (χ3n) is 8.53. The molecule has 0 aromatic heterocycles. The number of alkyl halides is 5. The van der Waals surface area contributed by atoms with E-state index >= 15 is 0 Å². The maximum atomic E-state index is 14.9. The number of hydrogen-bond donors (Lipinski definition) is 0.